The van der Waals surface area contributed by atoms with Crippen LogP contribution in [0, 0.1) is 17.2 Å². The molecule has 1 amide bonds. The molecule has 0 aromatic carbocycles. The molecule has 0 radical (unpaired) electrons. The second-order valence-corrected chi connectivity index (χ2v) is 7.86. The Kier molecular flexibility index (Phi) is 5.34. The number of carbonyl (C=O) groups is 1. The molecule has 2 aromatic heterocycles. The van der Waals surface area contributed by atoms with Gasteiger partial charge in [-0.25, -0.2) is 4.98 Å². The third-order valence-electron chi connectivity index (χ3n) is 5.99. The standard InChI is InChI=1S/C22H25N5O2/c1-2-5-20(28)25-12-19-17-10-16(18-7-3-8-21(29)27(18)19)13-26(14-17)22-15(11-23)6-4-9-24-22/h3-4,6-9,16-17,19H,2,5,10,12-14H2,1H3,(H,25,28)/t16-,17+,19+/m1/s1. The minimum absolute atomic E-state index is 0.0176. The van der Waals surface area contributed by atoms with E-state index in [-0.39, 0.29) is 29.3 Å². The van der Waals surface area contributed by atoms with Crippen LogP contribution >= 0.6 is 0 Å². The number of rotatable bonds is 5. The lowest BCUT2D eigenvalue weighted by atomic mass is 9.78. The van der Waals surface area contributed by atoms with Crippen molar-refractivity contribution in [1.82, 2.24) is 14.9 Å². The van der Waals surface area contributed by atoms with Gasteiger partial charge in [-0.15, -0.1) is 0 Å². The number of nitrogens with one attached hydrogen (secondary N) is 1. The molecule has 29 heavy (non-hydrogen) atoms. The molecule has 1 fully saturated rings. The number of hydrogen-bond donors (Lipinski definition) is 1. The zero-order valence-corrected chi connectivity index (χ0v) is 16.5. The van der Waals surface area contributed by atoms with Crippen LogP contribution in [0.5, 0.6) is 0 Å². The summed E-state index contributed by atoms with van der Waals surface area (Å²) in [5.74, 6) is 1.10. The number of pyridine rings is 2. The minimum atomic E-state index is -0.104. The first kappa shape index (κ1) is 19.2. The molecule has 4 rings (SSSR count). The molecular weight excluding hydrogens is 366 g/mol. The molecule has 0 unspecified atom stereocenters. The number of nitriles is 1. The number of piperidine rings is 1. The largest absolute Gasteiger partial charge is 0.354 e. The van der Waals surface area contributed by atoms with Crippen LogP contribution in [-0.2, 0) is 4.79 Å². The van der Waals surface area contributed by atoms with Gasteiger partial charge in [0.05, 0.1) is 11.6 Å². The van der Waals surface area contributed by atoms with Crippen LogP contribution in [0.25, 0.3) is 0 Å². The topological polar surface area (TPSA) is 91.0 Å². The number of fused-ring (bicyclic) bond motifs is 4. The van der Waals surface area contributed by atoms with Gasteiger partial charge in [0.25, 0.3) is 5.56 Å². The molecule has 7 nitrogen and oxygen atoms in total. The van der Waals surface area contributed by atoms with E-state index in [2.05, 4.69) is 21.3 Å². The molecule has 7 heteroatoms. The minimum Gasteiger partial charge on any atom is -0.354 e. The molecule has 4 heterocycles. The summed E-state index contributed by atoms with van der Waals surface area (Å²) in [6, 6.07) is 11.1. The van der Waals surface area contributed by atoms with Crippen molar-refractivity contribution in [2.24, 2.45) is 5.92 Å². The van der Waals surface area contributed by atoms with Crippen molar-refractivity contribution < 1.29 is 4.79 Å². The van der Waals surface area contributed by atoms with Crippen LogP contribution in [0.4, 0.5) is 5.82 Å². The smallest absolute Gasteiger partial charge is 0.251 e. The van der Waals surface area contributed by atoms with E-state index in [0.29, 0.717) is 30.9 Å². The van der Waals surface area contributed by atoms with Gasteiger partial charge in [-0.05, 0) is 37.0 Å². The summed E-state index contributed by atoms with van der Waals surface area (Å²) in [6.45, 7) is 3.84. The maximum atomic E-state index is 12.7. The number of amides is 1. The molecule has 150 valence electrons. The molecule has 1 saturated heterocycles. The molecule has 3 atom stereocenters. The van der Waals surface area contributed by atoms with Crippen LogP contribution in [-0.4, -0.2) is 35.1 Å². The number of hydrogen-bond acceptors (Lipinski definition) is 5. The molecule has 2 aromatic rings. The van der Waals surface area contributed by atoms with Crippen molar-refractivity contribution in [2.75, 3.05) is 24.5 Å². The van der Waals surface area contributed by atoms with Gasteiger partial charge >= 0.3 is 0 Å². The summed E-state index contributed by atoms with van der Waals surface area (Å²) >= 11 is 0. The van der Waals surface area contributed by atoms with E-state index in [1.165, 1.54) is 0 Å². The summed E-state index contributed by atoms with van der Waals surface area (Å²) in [5.41, 5.74) is 1.55. The lowest BCUT2D eigenvalue weighted by Crippen LogP contribution is -2.52. The Hall–Kier alpha value is -3.14. The van der Waals surface area contributed by atoms with E-state index in [4.69, 9.17) is 0 Å². The third-order valence-corrected chi connectivity index (χ3v) is 5.99. The van der Waals surface area contributed by atoms with Crippen LogP contribution in [0.2, 0.25) is 0 Å². The third kappa shape index (κ3) is 3.63. The van der Waals surface area contributed by atoms with E-state index >= 15 is 0 Å². The predicted molar refractivity (Wildman–Crippen MR) is 110 cm³/mol. The zero-order valence-electron chi connectivity index (χ0n) is 16.5. The highest BCUT2D eigenvalue weighted by Crippen LogP contribution is 2.42. The fraction of sp³-hybridized carbons (Fsp3) is 0.455. The molecule has 0 aliphatic carbocycles. The highest BCUT2D eigenvalue weighted by Gasteiger charge is 2.41. The van der Waals surface area contributed by atoms with Crippen LogP contribution in [0.15, 0.2) is 41.3 Å². The number of aromatic nitrogens is 2. The first-order chi connectivity index (χ1) is 14.1. The van der Waals surface area contributed by atoms with Crippen molar-refractivity contribution in [3.05, 3.63) is 58.1 Å². The normalized spacial score (nSPS) is 22.5. The molecule has 2 aliphatic rings. The van der Waals surface area contributed by atoms with E-state index in [1.54, 1.807) is 24.4 Å². The predicted octanol–water partition coefficient (Wildman–Crippen LogP) is 2.20. The quantitative estimate of drug-likeness (QED) is 0.844. The molecule has 1 N–H and O–H groups in total. The summed E-state index contributed by atoms with van der Waals surface area (Å²) in [6.07, 6.45) is 3.95. The fourth-order valence-corrected chi connectivity index (χ4v) is 4.75. The van der Waals surface area contributed by atoms with Gasteiger partial charge in [-0.1, -0.05) is 13.0 Å². The first-order valence-corrected chi connectivity index (χ1v) is 10.2. The van der Waals surface area contributed by atoms with Crippen molar-refractivity contribution >= 4 is 11.7 Å². The monoisotopic (exact) mass is 391 g/mol. The lowest BCUT2D eigenvalue weighted by Gasteiger charge is -2.47. The average molecular weight is 391 g/mol. The van der Waals surface area contributed by atoms with Gasteiger partial charge in [0.2, 0.25) is 5.91 Å². The van der Waals surface area contributed by atoms with Crippen LogP contribution in [0.3, 0.4) is 0 Å². The van der Waals surface area contributed by atoms with E-state index in [0.717, 1.165) is 25.1 Å². The van der Waals surface area contributed by atoms with E-state index in [9.17, 15) is 14.9 Å². The van der Waals surface area contributed by atoms with Gasteiger partial charge in [-0.2, -0.15) is 5.26 Å². The van der Waals surface area contributed by atoms with Crippen LogP contribution in [0.1, 0.15) is 49.4 Å². The van der Waals surface area contributed by atoms with E-state index in [1.807, 2.05) is 23.6 Å². The Bertz CT molecular complexity index is 1010. The first-order valence-electron chi connectivity index (χ1n) is 10.2. The fourth-order valence-electron chi connectivity index (χ4n) is 4.75. The molecule has 2 bridgehead atoms. The molecular formula is C22H25N5O2. The van der Waals surface area contributed by atoms with Gasteiger partial charge in [0, 0.05) is 49.9 Å². The highest BCUT2D eigenvalue weighted by atomic mass is 16.1. The second-order valence-electron chi connectivity index (χ2n) is 7.86. The number of carbonyl (C=O) groups excluding carboxylic acids is 1. The zero-order chi connectivity index (χ0) is 20.4. The van der Waals surface area contributed by atoms with Crippen molar-refractivity contribution in [2.45, 2.75) is 38.1 Å². The van der Waals surface area contributed by atoms with Gasteiger partial charge in [0.1, 0.15) is 11.9 Å². The Morgan fingerprint density at radius 2 is 2.17 bits per heavy atom. The molecule has 0 saturated carbocycles. The number of anilines is 1. The Morgan fingerprint density at radius 3 is 2.97 bits per heavy atom. The van der Waals surface area contributed by atoms with Gasteiger partial charge in [-0.3, -0.25) is 9.59 Å². The van der Waals surface area contributed by atoms with Crippen molar-refractivity contribution in [3.8, 4) is 6.07 Å². The van der Waals surface area contributed by atoms with Gasteiger partial charge < -0.3 is 14.8 Å². The average Bonchev–Trinajstić information content (AvgIpc) is 2.74. The molecule has 0 spiro atoms. The second kappa shape index (κ2) is 8.08. The van der Waals surface area contributed by atoms with Crippen LogP contribution < -0.4 is 15.8 Å². The van der Waals surface area contributed by atoms with Crippen molar-refractivity contribution in [3.63, 3.8) is 0 Å². The molecule has 2 aliphatic heterocycles. The maximum absolute atomic E-state index is 12.7. The van der Waals surface area contributed by atoms with Crippen molar-refractivity contribution in [1.29, 1.82) is 5.26 Å². The Morgan fingerprint density at radius 1 is 1.31 bits per heavy atom. The lowest BCUT2D eigenvalue weighted by molar-refractivity contribution is -0.121. The Balaban J connectivity index is 1.68. The SMILES string of the molecule is CCCC(=O)NC[C@H]1[C@H]2C[C@H](CN(c3ncccc3C#N)C2)c2cccc(=O)n21. The highest BCUT2D eigenvalue weighted by molar-refractivity contribution is 5.75. The number of nitrogens with zero attached hydrogens (tertiary/aromatic N) is 4. The van der Waals surface area contributed by atoms with Gasteiger partial charge in [0.15, 0.2) is 0 Å². The Labute approximate surface area is 170 Å². The maximum Gasteiger partial charge on any atom is 0.251 e. The summed E-state index contributed by atoms with van der Waals surface area (Å²) in [7, 11) is 0. The summed E-state index contributed by atoms with van der Waals surface area (Å²) in [4.78, 5) is 31.4. The van der Waals surface area contributed by atoms with E-state index < -0.39 is 0 Å². The summed E-state index contributed by atoms with van der Waals surface area (Å²) in [5, 5.41) is 12.5. The summed E-state index contributed by atoms with van der Waals surface area (Å²) < 4.78 is 1.88.